The zero-order valence-corrected chi connectivity index (χ0v) is 49.0. The number of unbranched alkanes of at least 4 members (excludes halogenated alkanes) is 26. The Kier molecular flexibility index (Phi) is 26.9. The monoisotopic (exact) mass is 1060 g/mol. The molecule has 0 aliphatic rings. The molecule has 0 aliphatic carbocycles. The van der Waals surface area contributed by atoms with Gasteiger partial charge in [-0.1, -0.05) is 278 Å². The molecule has 0 nitrogen and oxygen atoms in total. The molecule has 0 fully saturated rings. The van der Waals surface area contributed by atoms with Crippen LogP contribution in [0.25, 0.3) is 64.7 Å². The van der Waals surface area contributed by atoms with Gasteiger partial charge < -0.3 is 0 Å². The molecule has 394 valence electrons. The Morgan fingerprint density at radius 1 is 0.230 bits per heavy atom. The predicted molar refractivity (Wildman–Crippen MR) is 338 cm³/mol. The summed E-state index contributed by atoms with van der Waals surface area (Å²) in [6.45, 7) is 4.61. The highest BCUT2D eigenvalue weighted by atomic mass is 32.1. The molecule has 74 heavy (non-hydrogen) atoms. The van der Waals surface area contributed by atoms with Crippen molar-refractivity contribution in [1.82, 2.24) is 0 Å². The highest BCUT2D eigenvalue weighted by molar-refractivity contribution is 7.24. The Labute approximate surface area is 466 Å². The van der Waals surface area contributed by atoms with E-state index < -0.39 is 0 Å². The van der Waals surface area contributed by atoms with E-state index in [1.165, 1.54) is 265 Å². The van der Waals surface area contributed by atoms with Crippen LogP contribution in [0.4, 0.5) is 0 Å². The van der Waals surface area contributed by atoms with Crippen molar-refractivity contribution >= 4 is 69.7 Å². The Morgan fingerprint density at radius 3 is 0.757 bits per heavy atom. The third-order valence-corrected chi connectivity index (χ3v) is 19.8. The molecule has 0 spiro atoms. The third kappa shape index (κ3) is 21.2. The minimum atomic E-state index is 1.21. The van der Waals surface area contributed by atoms with E-state index in [0.29, 0.717) is 0 Å². The fourth-order valence-corrected chi connectivity index (χ4v) is 14.5. The molecule has 0 radical (unpaired) electrons. The molecular formula is C70H90S4. The van der Waals surface area contributed by atoms with Gasteiger partial charge in [0.1, 0.15) is 0 Å². The smallest absolute Gasteiger partial charge is 0.0449 e. The van der Waals surface area contributed by atoms with Crippen LogP contribution >= 0.6 is 45.3 Å². The summed E-state index contributed by atoms with van der Waals surface area (Å²) in [5.74, 6) is 0. The van der Waals surface area contributed by atoms with Crippen molar-refractivity contribution in [3.8, 4) is 40.4 Å². The van der Waals surface area contributed by atoms with Crippen LogP contribution in [0.15, 0.2) is 121 Å². The quantitative estimate of drug-likeness (QED) is 0.0267. The average Bonchev–Trinajstić information content (AvgIpc) is 4.30. The zero-order valence-electron chi connectivity index (χ0n) is 45.7. The fourth-order valence-electron chi connectivity index (χ4n) is 10.1. The second-order valence-electron chi connectivity index (χ2n) is 21.1. The maximum atomic E-state index is 2.37. The second-order valence-corrected chi connectivity index (χ2v) is 25.6. The van der Waals surface area contributed by atoms with E-state index in [0.717, 1.165) is 0 Å². The molecule has 0 N–H and O–H groups in total. The van der Waals surface area contributed by atoms with Crippen molar-refractivity contribution in [2.45, 2.75) is 206 Å². The molecule has 0 amide bonds. The molecule has 0 saturated heterocycles. The Morgan fingerprint density at radius 2 is 0.459 bits per heavy atom. The highest BCUT2D eigenvalue weighted by Crippen LogP contribution is 2.40. The van der Waals surface area contributed by atoms with Gasteiger partial charge in [-0.15, -0.1) is 45.3 Å². The maximum absolute atomic E-state index is 2.37. The standard InChI is InChI=1S/C70H90S4/c1-3-5-7-9-11-13-15-17-19-21-23-25-27-29-31-63-49-51-67(71-63)69-55-53-65(73-69)61-45-41-59(42-46-61)39-37-57-33-35-58(36-34-57)38-40-60-43-47-62(48-44-60)66-54-56-70(74-66)68-52-50-64(72-68)32-30-28-26-24-22-20-18-16-14-12-10-8-6-4-2/h33-56H,3-32H2,1-2H3. The van der Waals surface area contributed by atoms with Crippen LogP contribution in [0.5, 0.6) is 0 Å². The van der Waals surface area contributed by atoms with E-state index in [2.05, 4.69) is 159 Å². The van der Waals surface area contributed by atoms with E-state index in [4.69, 9.17) is 0 Å². The number of hydrogen-bond acceptors (Lipinski definition) is 4. The van der Waals surface area contributed by atoms with Gasteiger partial charge >= 0.3 is 0 Å². The minimum absolute atomic E-state index is 1.21. The summed E-state index contributed by atoms with van der Waals surface area (Å²) >= 11 is 7.81. The molecule has 3 aromatic carbocycles. The Balaban J connectivity index is 0.759. The number of aryl methyl sites for hydroxylation is 2. The van der Waals surface area contributed by atoms with Gasteiger partial charge in [-0.05, 0) is 108 Å². The van der Waals surface area contributed by atoms with E-state index >= 15 is 0 Å². The first kappa shape index (κ1) is 57.6. The van der Waals surface area contributed by atoms with Crippen molar-refractivity contribution < 1.29 is 0 Å². The highest BCUT2D eigenvalue weighted by Gasteiger charge is 2.10. The van der Waals surface area contributed by atoms with Crippen molar-refractivity contribution in [3.63, 3.8) is 0 Å². The number of rotatable bonds is 38. The van der Waals surface area contributed by atoms with Gasteiger partial charge in [0, 0.05) is 39.0 Å². The maximum Gasteiger partial charge on any atom is 0.0449 e. The topological polar surface area (TPSA) is 0 Å². The molecule has 0 bridgehead atoms. The van der Waals surface area contributed by atoms with Gasteiger partial charge in [0.15, 0.2) is 0 Å². The summed E-state index contributed by atoms with van der Waals surface area (Å²) in [7, 11) is 0. The molecule has 4 aromatic heterocycles. The number of thiophene rings is 4. The zero-order chi connectivity index (χ0) is 51.1. The molecule has 4 heteroatoms. The molecule has 7 aromatic rings. The van der Waals surface area contributed by atoms with Crippen LogP contribution < -0.4 is 0 Å². The number of hydrogen-bond donors (Lipinski definition) is 0. The summed E-state index contributed by atoms with van der Waals surface area (Å²) in [4.78, 5) is 11.3. The molecule has 0 atom stereocenters. The Bertz CT molecular complexity index is 2410. The van der Waals surface area contributed by atoms with E-state index in [1.54, 1.807) is 0 Å². The molecule has 7 rings (SSSR count). The van der Waals surface area contributed by atoms with Crippen molar-refractivity contribution in [3.05, 3.63) is 153 Å². The molecule has 0 saturated carbocycles. The molecular weight excluding hydrogens is 969 g/mol. The lowest BCUT2D eigenvalue weighted by atomic mass is 10.0. The molecule has 0 unspecified atom stereocenters. The van der Waals surface area contributed by atoms with E-state index in [1.807, 2.05) is 45.3 Å². The third-order valence-electron chi connectivity index (χ3n) is 14.8. The lowest BCUT2D eigenvalue weighted by molar-refractivity contribution is 0.536. The minimum Gasteiger partial charge on any atom is -0.139 e. The predicted octanol–water partition coefficient (Wildman–Crippen LogP) is 25.0. The normalized spacial score (nSPS) is 11.8. The van der Waals surface area contributed by atoms with Crippen LogP contribution in [0.2, 0.25) is 0 Å². The van der Waals surface area contributed by atoms with Gasteiger partial charge in [0.25, 0.3) is 0 Å². The summed E-state index contributed by atoms with van der Waals surface area (Å²) in [5, 5.41) is 0. The summed E-state index contributed by atoms with van der Waals surface area (Å²) in [6.07, 6.45) is 51.0. The van der Waals surface area contributed by atoms with Crippen molar-refractivity contribution in [2.75, 3.05) is 0 Å². The van der Waals surface area contributed by atoms with Gasteiger partial charge in [-0.25, -0.2) is 0 Å². The summed E-state index contributed by atoms with van der Waals surface area (Å²) < 4.78 is 0. The average molecular weight is 1060 g/mol. The van der Waals surface area contributed by atoms with Crippen molar-refractivity contribution in [2.24, 2.45) is 0 Å². The molecule has 4 heterocycles. The van der Waals surface area contributed by atoms with E-state index in [-0.39, 0.29) is 0 Å². The number of benzene rings is 3. The first-order chi connectivity index (χ1) is 36.6. The van der Waals surface area contributed by atoms with Crippen LogP contribution in [-0.2, 0) is 12.8 Å². The van der Waals surface area contributed by atoms with Crippen LogP contribution in [0.3, 0.4) is 0 Å². The van der Waals surface area contributed by atoms with Crippen LogP contribution in [-0.4, -0.2) is 0 Å². The lowest BCUT2D eigenvalue weighted by Gasteiger charge is -2.03. The van der Waals surface area contributed by atoms with Gasteiger partial charge in [-0.2, -0.15) is 0 Å². The summed E-state index contributed by atoms with van der Waals surface area (Å²) in [5.41, 5.74) is 7.42. The Hall–Kier alpha value is -4.06. The van der Waals surface area contributed by atoms with Gasteiger partial charge in [-0.3, -0.25) is 0 Å². The van der Waals surface area contributed by atoms with E-state index in [9.17, 15) is 0 Å². The second kappa shape index (κ2) is 34.6. The van der Waals surface area contributed by atoms with Crippen LogP contribution in [0, 0.1) is 0 Å². The first-order valence-electron chi connectivity index (χ1n) is 29.7. The summed E-state index contributed by atoms with van der Waals surface area (Å²) in [6, 6.07) is 45.5. The van der Waals surface area contributed by atoms with Crippen LogP contribution in [0.1, 0.15) is 226 Å². The largest absolute Gasteiger partial charge is 0.139 e. The fraction of sp³-hybridized carbons (Fsp3) is 0.457. The van der Waals surface area contributed by atoms with Crippen molar-refractivity contribution in [1.29, 1.82) is 0 Å². The van der Waals surface area contributed by atoms with Gasteiger partial charge in [0.05, 0.1) is 0 Å². The first-order valence-corrected chi connectivity index (χ1v) is 32.9. The van der Waals surface area contributed by atoms with Gasteiger partial charge in [0.2, 0.25) is 0 Å². The molecule has 0 aliphatic heterocycles. The SMILES string of the molecule is CCCCCCCCCCCCCCCCc1ccc(-c2ccc(-c3ccc(C=Cc4ccc(C=Cc5ccc(-c6ccc(-c7ccc(CCCCCCCCCCCCCCCC)s7)s6)cc5)cc4)cc3)s2)s1. The lowest BCUT2D eigenvalue weighted by Crippen LogP contribution is -1.84.